The summed E-state index contributed by atoms with van der Waals surface area (Å²) in [5, 5.41) is 6.32. The molecule has 2 rings (SSSR count). The summed E-state index contributed by atoms with van der Waals surface area (Å²) in [7, 11) is 1.67. The van der Waals surface area contributed by atoms with Gasteiger partial charge in [0.05, 0.1) is 0 Å². The lowest BCUT2D eigenvalue weighted by atomic mass is 9.99. The molecule has 1 aromatic rings. The molecule has 1 aromatic carbocycles. The fourth-order valence-electron chi connectivity index (χ4n) is 2.98. The zero-order valence-electron chi connectivity index (χ0n) is 12.1. The summed E-state index contributed by atoms with van der Waals surface area (Å²) in [6.45, 7) is 4.35. The molecule has 0 aromatic heterocycles. The van der Waals surface area contributed by atoms with Crippen LogP contribution in [-0.2, 0) is 0 Å². The van der Waals surface area contributed by atoms with Crippen molar-refractivity contribution < 1.29 is 4.79 Å². The van der Waals surface area contributed by atoms with Crippen molar-refractivity contribution in [3.63, 3.8) is 0 Å². The van der Waals surface area contributed by atoms with E-state index in [1.54, 1.807) is 7.05 Å². The van der Waals surface area contributed by atoms with E-state index in [-0.39, 0.29) is 5.91 Å². The summed E-state index contributed by atoms with van der Waals surface area (Å²) < 4.78 is 0. The molecule has 0 saturated heterocycles. The number of anilines is 1. The number of aryl methyl sites for hydroxylation is 1. The number of rotatable bonds is 4. The van der Waals surface area contributed by atoms with Gasteiger partial charge in [-0.15, -0.1) is 0 Å². The summed E-state index contributed by atoms with van der Waals surface area (Å²) in [5.41, 5.74) is 3.03. The Hall–Kier alpha value is -1.51. The third kappa shape index (κ3) is 3.09. The zero-order chi connectivity index (χ0) is 13.8. The van der Waals surface area contributed by atoms with Gasteiger partial charge in [-0.2, -0.15) is 0 Å². The van der Waals surface area contributed by atoms with Crippen LogP contribution >= 0.6 is 0 Å². The van der Waals surface area contributed by atoms with E-state index in [0.29, 0.717) is 6.04 Å². The van der Waals surface area contributed by atoms with Gasteiger partial charge in [0.25, 0.3) is 5.91 Å². The highest BCUT2D eigenvalue weighted by atomic mass is 16.1. The number of carbonyl (C=O) groups excluding carboxylic acids is 1. The van der Waals surface area contributed by atoms with Gasteiger partial charge in [-0.3, -0.25) is 4.79 Å². The second kappa shape index (κ2) is 6.09. The number of hydrogen-bond acceptors (Lipinski definition) is 2. The fraction of sp³-hybridized carbons (Fsp3) is 0.562. The van der Waals surface area contributed by atoms with Gasteiger partial charge in [-0.05, 0) is 43.4 Å². The van der Waals surface area contributed by atoms with Gasteiger partial charge in [0.2, 0.25) is 0 Å². The average molecular weight is 260 g/mol. The Labute approximate surface area is 115 Å². The van der Waals surface area contributed by atoms with Crippen LogP contribution in [0.3, 0.4) is 0 Å². The molecule has 3 nitrogen and oxygen atoms in total. The minimum Gasteiger partial charge on any atom is -0.382 e. The summed E-state index contributed by atoms with van der Waals surface area (Å²) >= 11 is 0. The summed E-state index contributed by atoms with van der Waals surface area (Å²) in [6, 6.07) is 6.43. The van der Waals surface area contributed by atoms with Gasteiger partial charge in [0.1, 0.15) is 0 Å². The van der Waals surface area contributed by atoms with Crippen molar-refractivity contribution in [1.82, 2.24) is 5.32 Å². The Balaban J connectivity index is 2.17. The first-order valence-electron chi connectivity index (χ1n) is 7.25. The normalized spacial score (nSPS) is 22.3. The summed E-state index contributed by atoms with van der Waals surface area (Å²) in [5.74, 6) is 0.740. The highest BCUT2D eigenvalue weighted by Gasteiger charge is 2.25. The molecule has 1 aliphatic rings. The number of benzene rings is 1. The first-order valence-corrected chi connectivity index (χ1v) is 7.25. The van der Waals surface area contributed by atoms with Crippen LogP contribution in [0.4, 0.5) is 5.69 Å². The monoisotopic (exact) mass is 260 g/mol. The fourth-order valence-corrected chi connectivity index (χ4v) is 2.98. The van der Waals surface area contributed by atoms with Crippen molar-refractivity contribution in [2.45, 2.75) is 45.6 Å². The maximum absolute atomic E-state index is 11.7. The van der Waals surface area contributed by atoms with Gasteiger partial charge < -0.3 is 10.6 Å². The molecule has 1 amide bonds. The van der Waals surface area contributed by atoms with Crippen molar-refractivity contribution in [1.29, 1.82) is 0 Å². The topological polar surface area (TPSA) is 41.1 Å². The first-order chi connectivity index (χ1) is 9.15. The highest BCUT2D eigenvalue weighted by Crippen LogP contribution is 2.31. The van der Waals surface area contributed by atoms with Gasteiger partial charge in [-0.1, -0.05) is 25.8 Å². The summed E-state index contributed by atoms with van der Waals surface area (Å²) in [6.07, 6.45) is 5.10. The van der Waals surface area contributed by atoms with Crippen LogP contribution in [-0.4, -0.2) is 19.0 Å². The highest BCUT2D eigenvalue weighted by molar-refractivity contribution is 5.95. The van der Waals surface area contributed by atoms with Crippen molar-refractivity contribution in [3.8, 4) is 0 Å². The smallest absolute Gasteiger partial charge is 0.251 e. The number of nitrogens with one attached hydrogen (secondary N) is 2. The van der Waals surface area contributed by atoms with Crippen LogP contribution in [0.2, 0.25) is 0 Å². The second-order valence-corrected chi connectivity index (χ2v) is 5.46. The van der Waals surface area contributed by atoms with E-state index in [1.807, 2.05) is 18.2 Å². The van der Waals surface area contributed by atoms with Gasteiger partial charge in [-0.25, -0.2) is 0 Å². The van der Waals surface area contributed by atoms with Crippen LogP contribution < -0.4 is 10.6 Å². The molecule has 19 heavy (non-hydrogen) atoms. The van der Waals surface area contributed by atoms with E-state index in [9.17, 15) is 4.79 Å². The molecule has 0 radical (unpaired) electrons. The predicted molar refractivity (Wildman–Crippen MR) is 79.6 cm³/mol. The SMILES string of the molecule is CCC1CCCC1Nc1cc(C(=O)NC)ccc1C. The van der Waals surface area contributed by atoms with Crippen LogP contribution in [0, 0.1) is 12.8 Å². The predicted octanol–water partition coefficient (Wildman–Crippen LogP) is 3.35. The minimum absolute atomic E-state index is 0.0264. The largest absolute Gasteiger partial charge is 0.382 e. The Bertz CT molecular complexity index is 456. The molecule has 0 aliphatic heterocycles. The van der Waals surface area contributed by atoms with Crippen molar-refractivity contribution in [2.75, 3.05) is 12.4 Å². The molecule has 1 fully saturated rings. The lowest BCUT2D eigenvalue weighted by Gasteiger charge is -2.22. The van der Waals surface area contributed by atoms with Crippen LogP contribution in [0.25, 0.3) is 0 Å². The molecule has 2 unspecified atom stereocenters. The number of hydrogen-bond donors (Lipinski definition) is 2. The molecule has 0 heterocycles. The van der Waals surface area contributed by atoms with E-state index >= 15 is 0 Å². The van der Waals surface area contributed by atoms with Gasteiger partial charge in [0, 0.05) is 24.3 Å². The molecule has 1 saturated carbocycles. The molecule has 104 valence electrons. The van der Waals surface area contributed by atoms with Crippen LogP contribution in [0.15, 0.2) is 18.2 Å². The lowest BCUT2D eigenvalue weighted by Crippen LogP contribution is -2.24. The molecule has 2 atom stereocenters. The second-order valence-electron chi connectivity index (χ2n) is 5.46. The van der Waals surface area contributed by atoms with Crippen LogP contribution in [0.1, 0.15) is 48.5 Å². The number of carbonyl (C=O) groups is 1. The Morgan fingerprint density at radius 3 is 2.84 bits per heavy atom. The van der Waals surface area contributed by atoms with Gasteiger partial charge >= 0.3 is 0 Å². The maximum Gasteiger partial charge on any atom is 0.251 e. The minimum atomic E-state index is -0.0264. The molecule has 0 spiro atoms. The van der Waals surface area contributed by atoms with Gasteiger partial charge in [0.15, 0.2) is 0 Å². The van der Waals surface area contributed by atoms with Crippen molar-refractivity contribution in [2.24, 2.45) is 5.92 Å². The Kier molecular flexibility index (Phi) is 4.46. The first kappa shape index (κ1) is 13.9. The maximum atomic E-state index is 11.7. The van der Waals surface area contributed by atoms with E-state index in [1.165, 1.54) is 31.2 Å². The van der Waals surface area contributed by atoms with Crippen LogP contribution in [0.5, 0.6) is 0 Å². The number of amides is 1. The molecule has 0 bridgehead atoms. The third-order valence-corrected chi connectivity index (χ3v) is 4.25. The lowest BCUT2D eigenvalue weighted by molar-refractivity contribution is 0.0963. The Morgan fingerprint density at radius 1 is 1.37 bits per heavy atom. The average Bonchev–Trinajstić information content (AvgIpc) is 2.87. The standard InChI is InChI=1S/C16H24N2O/c1-4-12-6-5-7-14(12)18-15-10-13(16(19)17-3)9-8-11(15)2/h8-10,12,14,18H,4-7H2,1-3H3,(H,17,19). The Morgan fingerprint density at radius 2 is 2.16 bits per heavy atom. The molecule has 3 heteroatoms. The molecule has 2 N–H and O–H groups in total. The molecular weight excluding hydrogens is 236 g/mol. The van der Waals surface area contributed by atoms with E-state index in [2.05, 4.69) is 24.5 Å². The van der Waals surface area contributed by atoms with E-state index in [4.69, 9.17) is 0 Å². The third-order valence-electron chi connectivity index (χ3n) is 4.25. The van der Waals surface area contributed by atoms with Crippen molar-refractivity contribution in [3.05, 3.63) is 29.3 Å². The zero-order valence-corrected chi connectivity index (χ0v) is 12.1. The molecular formula is C16H24N2O. The van der Waals surface area contributed by atoms with Crippen molar-refractivity contribution >= 4 is 11.6 Å². The van der Waals surface area contributed by atoms with E-state index in [0.717, 1.165) is 17.2 Å². The summed E-state index contributed by atoms with van der Waals surface area (Å²) in [4.78, 5) is 11.7. The quantitative estimate of drug-likeness (QED) is 0.871. The molecule has 1 aliphatic carbocycles. The van der Waals surface area contributed by atoms with E-state index < -0.39 is 0 Å².